The summed E-state index contributed by atoms with van der Waals surface area (Å²) in [6.07, 6.45) is 0. The van der Waals surface area contributed by atoms with E-state index in [9.17, 15) is 0 Å². The Morgan fingerprint density at radius 3 is 1.00 bits per heavy atom. The number of hydrogen-bond acceptors (Lipinski definition) is 5. The molecule has 0 saturated carbocycles. The van der Waals surface area contributed by atoms with Crippen molar-refractivity contribution in [1.82, 2.24) is 0 Å². The van der Waals surface area contributed by atoms with Crippen molar-refractivity contribution in [1.29, 1.82) is 0 Å². The fourth-order valence-corrected chi connectivity index (χ4v) is 0. The second kappa shape index (κ2) is 62.9. The average Bonchev–Trinajstić information content (AvgIpc) is 1.46. The third-order valence-electron chi connectivity index (χ3n) is 0. The van der Waals surface area contributed by atoms with Gasteiger partial charge in [0, 0.05) is 0 Å². The minimum atomic E-state index is -1.42. The average molecular weight is 190 g/mol. The molecule has 0 aliphatic heterocycles. The van der Waals surface area contributed by atoms with Gasteiger partial charge in [0.25, 0.3) is 0 Å². The Morgan fingerprint density at radius 2 is 1.00 bits per heavy atom. The first-order valence-corrected chi connectivity index (χ1v) is 2.41. The zero-order chi connectivity index (χ0) is 4.71. The van der Waals surface area contributed by atoms with Gasteiger partial charge < -0.3 is 11.0 Å². The molecule has 0 heterocycles. The maximum atomic E-state index is 8.40. The van der Waals surface area contributed by atoms with Crippen LogP contribution in [-0.4, -0.2) is 93.9 Å². The predicted molar refractivity (Wildman–Crippen MR) is 23.2 cm³/mol. The second-order valence-corrected chi connectivity index (χ2v) is 0.250. The summed E-state index contributed by atoms with van der Waals surface area (Å²) < 4.78 is 25.2. The Bertz CT molecular complexity index is 39.7. The van der Waals surface area contributed by atoms with Gasteiger partial charge in [0.15, 0.2) is 0 Å². The van der Waals surface area contributed by atoms with Crippen LogP contribution in [0.15, 0.2) is 0 Å². The van der Waals surface area contributed by atoms with Crippen LogP contribution >= 0.6 is 0 Å². The topological polar surface area (TPSA) is 111 Å². The molecule has 2 N–H and O–H groups in total. The monoisotopic (exact) mass is 190 g/mol. The third kappa shape index (κ3) is 94.9. The molecule has 0 amide bonds. The van der Waals surface area contributed by atoms with E-state index in [4.69, 9.17) is 10.4 Å². The van der Waals surface area contributed by atoms with Crippen molar-refractivity contribution in [2.75, 3.05) is 0 Å². The molecule has 0 radical (unpaired) electrons. The van der Waals surface area contributed by atoms with Gasteiger partial charge in [0.1, 0.15) is 0 Å². The minimum absolute atomic E-state index is 0. The Morgan fingerprint density at radius 1 is 1.00 bits per heavy atom. The fraction of sp³-hybridized carbons (Fsp3) is 0. The second-order valence-electron chi connectivity index (χ2n) is 0.0833. The summed E-state index contributed by atoms with van der Waals surface area (Å²) in [7, 11) is -1.42. The van der Waals surface area contributed by atoms with Crippen molar-refractivity contribution in [2.24, 2.45) is 0 Å². The van der Waals surface area contributed by atoms with Crippen LogP contribution in [0, 0.1) is 0 Å². The van der Waals surface area contributed by atoms with Gasteiger partial charge in [-0.3, -0.25) is 8.92 Å². The number of rotatable bonds is 0. The zero-order valence-corrected chi connectivity index (χ0v) is 9.45. The van der Waals surface area contributed by atoms with Crippen molar-refractivity contribution >= 4 is 82.9 Å². The summed E-state index contributed by atoms with van der Waals surface area (Å²) in [5, 5.41) is 0. The molecular formula is H2Ca2O5Si. The predicted octanol–water partition coefficient (Wildman–Crippen LogP) is -1.85. The maximum absolute atomic E-state index is 8.40. The Hall–Kier alpha value is 2.06. The van der Waals surface area contributed by atoms with Crippen LogP contribution in [-0.2, 0) is 10.4 Å². The van der Waals surface area contributed by atoms with Gasteiger partial charge in [-0.05, 0) is 0 Å². The Labute approximate surface area is 102 Å². The van der Waals surface area contributed by atoms with E-state index in [1.54, 1.807) is 0 Å². The van der Waals surface area contributed by atoms with Crippen molar-refractivity contribution in [3.63, 3.8) is 0 Å². The first-order valence-electron chi connectivity index (χ1n) is 0.697. The molecule has 0 atom stereocenters. The van der Waals surface area contributed by atoms with Crippen molar-refractivity contribution in [3.8, 4) is 0 Å². The Kier molecular flexibility index (Phi) is 254. The zero-order valence-electron chi connectivity index (χ0n) is 4.03. The van der Waals surface area contributed by atoms with E-state index in [1.807, 2.05) is 0 Å². The van der Waals surface area contributed by atoms with Crippen LogP contribution in [0.4, 0.5) is 0 Å². The molecule has 0 rings (SSSR count). The van der Waals surface area contributed by atoms with E-state index in [0.29, 0.717) is 0 Å². The normalized spacial score (nSPS) is 1.75. The molecule has 0 aliphatic rings. The molecule has 0 aromatic rings. The van der Waals surface area contributed by atoms with Gasteiger partial charge in [-0.2, -0.15) is 0 Å². The van der Waals surface area contributed by atoms with Crippen LogP contribution in [0.5, 0.6) is 0 Å². The molecule has 0 aromatic carbocycles. The third-order valence-corrected chi connectivity index (χ3v) is 0. The molecule has 0 saturated heterocycles. The van der Waals surface area contributed by atoms with Crippen molar-refractivity contribution < 1.29 is 21.3 Å². The van der Waals surface area contributed by atoms with Gasteiger partial charge in [0.2, 0.25) is 0 Å². The molecule has 0 aliphatic carbocycles. The van der Waals surface area contributed by atoms with E-state index in [2.05, 4.69) is 0 Å². The van der Waals surface area contributed by atoms with E-state index in [0.717, 1.165) is 0 Å². The summed E-state index contributed by atoms with van der Waals surface area (Å²) in [6, 6.07) is 0. The molecule has 0 bridgehead atoms. The van der Waals surface area contributed by atoms with Crippen LogP contribution in [0.3, 0.4) is 0 Å². The van der Waals surface area contributed by atoms with E-state index < -0.39 is 9.29 Å². The van der Waals surface area contributed by atoms with Gasteiger partial charge in [-0.1, -0.05) is 0 Å². The van der Waals surface area contributed by atoms with Gasteiger partial charge in [0.05, 0.1) is 0 Å². The molecule has 8 heavy (non-hydrogen) atoms. The molecule has 5 nitrogen and oxygen atoms in total. The van der Waals surface area contributed by atoms with E-state index >= 15 is 0 Å². The molecule has 0 aromatic heterocycles. The summed E-state index contributed by atoms with van der Waals surface area (Å²) in [4.78, 5) is 0. The summed E-state index contributed by atoms with van der Waals surface area (Å²) in [5.41, 5.74) is 0. The quantitative estimate of drug-likeness (QED) is 0.416. The molecule has 8 heteroatoms. The van der Waals surface area contributed by atoms with E-state index in [-0.39, 0.29) is 84.6 Å². The van der Waals surface area contributed by atoms with Crippen LogP contribution in [0.25, 0.3) is 0 Å². The Balaban J connectivity index is -0.00000000567. The summed E-state index contributed by atoms with van der Waals surface area (Å²) in [6.45, 7) is 0. The summed E-state index contributed by atoms with van der Waals surface area (Å²) >= 11 is 0.125. The van der Waals surface area contributed by atoms with E-state index in [1.165, 1.54) is 0 Å². The van der Waals surface area contributed by atoms with Gasteiger partial charge in [-0.15, -0.1) is 0 Å². The summed E-state index contributed by atoms with van der Waals surface area (Å²) in [5.74, 6) is 0. The van der Waals surface area contributed by atoms with Crippen molar-refractivity contribution in [3.05, 3.63) is 0 Å². The van der Waals surface area contributed by atoms with Crippen LogP contribution in [0.1, 0.15) is 0 Å². The number of hydrogen-bond donors (Lipinski definition) is 0. The van der Waals surface area contributed by atoms with Gasteiger partial charge >= 0.3 is 84.3 Å². The van der Waals surface area contributed by atoms with Crippen molar-refractivity contribution in [2.45, 2.75) is 0 Å². The molecule has 0 fully saturated rings. The van der Waals surface area contributed by atoms with Crippen LogP contribution in [0.2, 0.25) is 0 Å². The molecule has 0 unspecified atom stereocenters. The SMILES string of the molecule is O=[Si]=O.[Ca+2].[OH-].[OH-].[O]=[Ca]. The standard InChI is InChI=1S/2Ca.O2Si.2H2O.O/c;;1-3-2;;;/h;;;2*1H2;/q;+2;;;;/p-2. The molecular weight excluding hydrogens is 188 g/mol. The first kappa shape index (κ1) is 32.3. The fourth-order valence-electron chi connectivity index (χ4n) is 0. The first-order chi connectivity index (χ1) is 2.41. The van der Waals surface area contributed by atoms with Crippen LogP contribution < -0.4 is 0 Å². The molecule has 0 spiro atoms. The molecule has 40 valence electrons. The van der Waals surface area contributed by atoms with Gasteiger partial charge in [-0.25, -0.2) is 0 Å².